The van der Waals surface area contributed by atoms with Crippen molar-refractivity contribution in [1.82, 2.24) is 15.1 Å². The van der Waals surface area contributed by atoms with Gasteiger partial charge in [0.1, 0.15) is 11.6 Å². The lowest BCUT2D eigenvalue weighted by Crippen LogP contribution is -2.56. The molecule has 4 aliphatic heterocycles. The maximum atomic E-state index is 13.9. The van der Waals surface area contributed by atoms with Gasteiger partial charge in [0.2, 0.25) is 17.7 Å². The lowest BCUT2D eigenvalue weighted by atomic mass is 9.65. The largest absolute Gasteiger partial charge is 0.396 e. The number of amides is 3. The Kier molecular flexibility index (Phi) is 7.53. The zero-order chi connectivity index (χ0) is 26.0. The molecule has 0 aliphatic carbocycles. The second-order valence-corrected chi connectivity index (χ2v) is 10.5. The Morgan fingerprint density at radius 3 is 2.57 bits per heavy atom. The van der Waals surface area contributed by atoms with E-state index >= 15 is 0 Å². The van der Waals surface area contributed by atoms with Crippen LogP contribution in [-0.2, 0) is 23.9 Å². The van der Waals surface area contributed by atoms with Crippen molar-refractivity contribution < 1.29 is 29.0 Å². The van der Waals surface area contributed by atoms with E-state index in [0.29, 0.717) is 57.7 Å². The normalized spacial score (nSPS) is 33.0. The molecule has 202 valence electrons. The minimum absolute atomic E-state index is 0.0928. The smallest absolute Gasteiger partial charge is 0.245 e. The summed E-state index contributed by atoms with van der Waals surface area (Å²) < 4.78 is 12.1. The lowest BCUT2D eigenvalue weighted by Gasteiger charge is -2.34. The van der Waals surface area contributed by atoms with Crippen LogP contribution in [0.4, 0.5) is 5.69 Å². The molecule has 0 saturated carbocycles. The summed E-state index contributed by atoms with van der Waals surface area (Å²) in [6.45, 7) is 6.30. The molecule has 4 aliphatic rings. The van der Waals surface area contributed by atoms with E-state index in [9.17, 15) is 19.5 Å². The van der Waals surface area contributed by atoms with Gasteiger partial charge in [0.15, 0.2) is 0 Å². The first-order valence-electron chi connectivity index (χ1n) is 13.5. The van der Waals surface area contributed by atoms with Gasteiger partial charge in [-0.2, -0.15) is 0 Å². The highest BCUT2D eigenvalue weighted by Crippen LogP contribution is 2.64. The molecule has 4 heterocycles. The minimum atomic E-state index is -1.05. The molecule has 5 atom stereocenters. The van der Waals surface area contributed by atoms with Crippen molar-refractivity contribution in [3.8, 4) is 0 Å². The monoisotopic (exact) mass is 514 g/mol. The Balaban J connectivity index is 1.40. The molecule has 10 heteroatoms. The molecule has 3 N–H and O–H groups in total. The highest BCUT2D eigenvalue weighted by molar-refractivity contribution is 6.02. The number of rotatable bonds is 10. The Hall–Kier alpha value is -2.53. The van der Waals surface area contributed by atoms with Gasteiger partial charge in [0.25, 0.3) is 0 Å². The summed E-state index contributed by atoms with van der Waals surface area (Å²) in [6.07, 6.45) is 2.09. The standard InChI is InChI=1S/C27H38N4O6/c1-2-26-9-10-27(37-26)21(20(26)23(33)29-19-7-4-3-5-8-19)25(35)31(12-6-16-32)22(27)24(34)28-11-13-30-14-17-36-18-15-30/h3-5,7-8,20-22,32H,2,6,9-18H2,1H3,(H,28,34)(H,29,33)/t20-,21+,22?,26+,27?/m1/s1. The molecule has 2 unspecified atom stereocenters. The van der Waals surface area contributed by atoms with Gasteiger partial charge < -0.3 is 30.1 Å². The number of hydrogen-bond acceptors (Lipinski definition) is 7. The summed E-state index contributed by atoms with van der Waals surface area (Å²) in [6, 6.07) is 8.37. The first kappa shape index (κ1) is 26.1. The number of anilines is 1. The third-order valence-corrected chi connectivity index (χ3v) is 8.64. The van der Waals surface area contributed by atoms with Crippen LogP contribution in [0.2, 0.25) is 0 Å². The Morgan fingerprint density at radius 2 is 1.86 bits per heavy atom. The van der Waals surface area contributed by atoms with Crippen molar-refractivity contribution in [3.63, 3.8) is 0 Å². The average molecular weight is 515 g/mol. The maximum absolute atomic E-state index is 13.9. The van der Waals surface area contributed by atoms with Crippen LogP contribution < -0.4 is 10.6 Å². The zero-order valence-electron chi connectivity index (χ0n) is 21.5. The fourth-order valence-corrected chi connectivity index (χ4v) is 6.90. The number of para-hydroxylation sites is 1. The summed E-state index contributed by atoms with van der Waals surface area (Å²) in [7, 11) is 0. The van der Waals surface area contributed by atoms with Crippen LogP contribution >= 0.6 is 0 Å². The van der Waals surface area contributed by atoms with Crippen LogP contribution in [0.3, 0.4) is 0 Å². The number of ether oxygens (including phenoxy) is 2. The number of hydrogen-bond donors (Lipinski definition) is 3. The first-order chi connectivity index (χ1) is 18.0. The SMILES string of the molecule is CC[C@@]12CCC3(O1)C(C(=O)NCCN1CCOCC1)N(CCCO)C(=O)[C@@H]3[C@@H]2C(=O)Nc1ccccc1. The zero-order valence-corrected chi connectivity index (χ0v) is 21.5. The van der Waals surface area contributed by atoms with Crippen molar-refractivity contribution >= 4 is 23.4 Å². The van der Waals surface area contributed by atoms with Gasteiger partial charge in [-0.1, -0.05) is 25.1 Å². The van der Waals surface area contributed by atoms with E-state index < -0.39 is 29.1 Å². The van der Waals surface area contributed by atoms with E-state index in [1.807, 2.05) is 37.3 Å². The predicted molar refractivity (Wildman–Crippen MR) is 136 cm³/mol. The number of aliphatic hydroxyl groups excluding tert-OH is 1. The van der Waals surface area contributed by atoms with Gasteiger partial charge in [-0.05, 0) is 37.8 Å². The number of fused-ring (bicyclic) bond motifs is 1. The number of likely N-dealkylation sites (tertiary alicyclic amines) is 1. The van der Waals surface area contributed by atoms with Crippen LogP contribution in [0.1, 0.15) is 32.6 Å². The van der Waals surface area contributed by atoms with Crippen LogP contribution in [0.15, 0.2) is 30.3 Å². The third-order valence-electron chi connectivity index (χ3n) is 8.64. The number of carbonyl (C=O) groups excluding carboxylic acids is 3. The number of benzene rings is 1. The van der Waals surface area contributed by atoms with Crippen molar-refractivity contribution in [2.75, 3.05) is 57.9 Å². The summed E-state index contributed by atoms with van der Waals surface area (Å²) >= 11 is 0. The van der Waals surface area contributed by atoms with Gasteiger partial charge in [-0.25, -0.2) is 0 Å². The molecule has 1 aromatic carbocycles. The minimum Gasteiger partial charge on any atom is -0.396 e. The van der Waals surface area contributed by atoms with E-state index in [0.717, 1.165) is 13.1 Å². The molecule has 1 aromatic rings. The fourth-order valence-electron chi connectivity index (χ4n) is 6.90. The number of morpholine rings is 1. The molecule has 2 bridgehead atoms. The average Bonchev–Trinajstić information content (AvgIpc) is 3.52. The second kappa shape index (κ2) is 10.7. The molecule has 10 nitrogen and oxygen atoms in total. The van der Waals surface area contributed by atoms with E-state index in [-0.39, 0.29) is 30.9 Å². The highest BCUT2D eigenvalue weighted by atomic mass is 16.5. The molecule has 37 heavy (non-hydrogen) atoms. The van der Waals surface area contributed by atoms with Gasteiger partial charge in [0, 0.05) is 45.0 Å². The molecular weight excluding hydrogens is 476 g/mol. The summed E-state index contributed by atoms with van der Waals surface area (Å²) in [5.41, 5.74) is -1.17. The molecule has 0 aromatic heterocycles. The number of carbonyl (C=O) groups is 3. The van der Waals surface area contributed by atoms with E-state index in [1.54, 1.807) is 4.90 Å². The van der Waals surface area contributed by atoms with Gasteiger partial charge in [-0.15, -0.1) is 0 Å². The molecule has 0 radical (unpaired) electrons. The molecule has 4 saturated heterocycles. The predicted octanol–water partition coefficient (Wildman–Crippen LogP) is 0.611. The Morgan fingerprint density at radius 1 is 1.11 bits per heavy atom. The first-order valence-corrected chi connectivity index (χ1v) is 13.5. The number of nitrogens with zero attached hydrogens (tertiary/aromatic N) is 2. The van der Waals surface area contributed by atoms with Gasteiger partial charge >= 0.3 is 0 Å². The molecular formula is C27H38N4O6. The topological polar surface area (TPSA) is 120 Å². The van der Waals surface area contributed by atoms with Crippen LogP contribution in [0, 0.1) is 11.8 Å². The molecule has 1 spiro atoms. The van der Waals surface area contributed by atoms with Crippen molar-refractivity contribution in [2.45, 2.75) is 49.9 Å². The third kappa shape index (κ3) is 4.54. The lowest BCUT2D eigenvalue weighted by molar-refractivity contribution is -0.146. The molecule has 3 amide bonds. The number of aliphatic hydroxyl groups is 1. The number of nitrogens with one attached hydrogen (secondary N) is 2. The maximum Gasteiger partial charge on any atom is 0.245 e. The van der Waals surface area contributed by atoms with E-state index in [2.05, 4.69) is 15.5 Å². The van der Waals surface area contributed by atoms with E-state index in [4.69, 9.17) is 9.47 Å². The molecule has 5 rings (SSSR count). The van der Waals surface area contributed by atoms with Gasteiger partial charge in [-0.3, -0.25) is 19.3 Å². The van der Waals surface area contributed by atoms with Gasteiger partial charge in [0.05, 0.1) is 30.7 Å². The Labute approximate surface area is 217 Å². The van der Waals surface area contributed by atoms with Crippen molar-refractivity contribution in [1.29, 1.82) is 0 Å². The summed E-state index contributed by atoms with van der Waals surface area (Å²) in [5.74, 6) is -2.16. The second-order valence-electron chi connectivity index (χ2n) is 10.5. The van der Waals surface area contributed by atoms with Crippen LogP contribution in [-0.4, -0.2) is 102 Å². The quantitative estimate of drug-likeness (QED) is 0.418. The van der Waals surface area contributed by atoms with Crippen LogP contribution in [0.5, 0.6) is 0 Å². The van der Waals surface area contributed by atoms with Crippen molar-refractivity contribution in [2.24, 2.45) is 11.8 Å². The summed E-state index contributed by atoms with van der Waals surface area (Å²) in [4.78, 5) is 45.1. The van der Waals surface area contributed by atoms with Crippen LogP contribution in [0.25, 0.3) is 0 Å². The molecule has 4 fully saturated rings. The highest BCUT2D eigenvalue weighted by Gasteiger charge is 2.78. The summed E-state index contributed by atoms with van der Waals surface area (Å²) in [5, 5.41) is 15.5. The van der Waals surface area contributed by atoms with E-state index in [1.165, 1.54) is 0 Å². The fraction of sp³-hybridized carbons (Fsp3) is 0.667. The van der Waals surface area contributed by atoms with Crippen molar-refractivity contribution in [3.05, 3.63) is 30.3 Å². The Bertz CT molecular complexity index is 1000.